The summed E-state index contributed by atoms with van der Waals surface area (Å²) in [6.07, 6.45) is 0.750. The molecule has 0 saturated heterocycles. The highest BCUT2D eigenvalue weighted by Crippen LogP contribution is 2.12. The Morgan fingerprint density at radius 3 is 3.00 bits per heavy atom. The second-order valence-electron chi connectivity index (χ2n) is 2.29. The van der Waals surface area contributed by atoms with Gasteiger partial charge in [0.1, 0.15) is 0 Å². The predicted octanol–water partition coefficient (Wildman–Crippen LogP) is 1.48. The lowest BCUT2D eigenvalue weighted by atomic mass is 10.4. The second-order valence-corrected chi connectivity index (χ2v) is 3.41. The van der Waals surface area contributed by atoms with Crippen LogP contribution in [0.5, 0.6) is 0 Å². The van der Waals surface area contributed by atoms with Crippen LogP contribution in [0.2, 0.25) is 0 Å². The first kappa shape index (κ1) is 10.5. The van der Waals surface area contributed by atoms with Crippen LogP contribution in [0.3, 0.4) is 0 Å². The molecule has 0 unspecified atom stereocenters. The van der Waals surface area contributed by atoms with Crippen LogP contribution in [0.25, 0.3) is 0 Å². The molecule has 1 aromatic rings. The SMILES string of the molecule is CCOC(=O)C#Cc1ccc(C=O)s1. The Morgan fingerprint density at radius 1 is 1.64 bits per heavy atom. The number of rotatable bonds is 2. The van der Waals surface area contributed by atoms with E-state index in [1.807, 2.05) is 0 Å². The zero-order chi connectivity index (χ0) is 10.4. The molecule has 0 atom stereocenters. The van der Waals surface area contributed by atoms with Crippen LogP contribution >= 0.6 is 11.3 Å². The Balaban J connectivity index is 2.67. The van der Waals surface area contributed by atoms with E-state index in [0.29, 0.717) is 16.4 Å². The van der Waals surface area contributed by atoms with Gasteiger partial charge in [-0.15, -0.1) is 11.3 Å². The lowest BCUT2D eigenvalue weighted by Gasteiger charge is -1.89. The maximum Gasteiger partial charge on any atom is 0.384 e. The van der Waals surface area contributed by atoms with Gasteiger partial charge >= 0.3 is 5.97 Å². The fourth-order valence-electron chi connectivity index (χ4n) is 0.763. The third-order valence-corrected chi connectivity index (χ3v) is 2.23. The number of carbonyl (C=O) groups excluding carboxylic acids is 2. The topological polar surface area (TPSA) is 43.4 Å². The van der Waals surface area contributed by atoms with E-state index >= 15 is 0 Å². The van der Waals surface area contributed by atoms with Gasteiger partial charge in [-0.25, -0.2) is 4.79 Å². The lowest BCUT2D eigenvalue weighted by Crippen LogP contribution is -1.99. The molecule has 14 heavy (non-hydrogen) atoms. The number of thiophene rings is 1. The summed E-state index contributed by atoms with van der Waals surface area (Å²) in [5, 5.41) is 0. The first-order valence-corrected chi connectivity index (χ1v) is 4.81. The molecule has 0 N–H and O–H groups in total. The van der Waals surface area contributed by atoms with E-state index in [2.05, 4.69) is 16.6 Å². The van der Waals surface area contributed by atoms with Crippen LogP contribution in [0.4, 0.5) is 0 Å². The predicted molar refractivity (Wildman–Crippen MR) is 53.2 cm³/mol. The highest BCUT2D eigenvalue weighted by molar-refractivity contribution is 7.14. The van der Waals surface area contributed by atoms with Gasteiger partial charge in [0.05, 0.1) is 16.4 Å². The molecule has 0 bridgehead atoms. The Bertz CT molecular complexity index is 395. The summed E-state index contributed by atoms with van der Waals surface area (Å²) in [6, 6.07) is 3.35. The summed E-state index contributed by atoms with van der Waals surface area (Å²) in [5.41, 5.74) is 0. The van der Waals surface area contributed by atoms with E-state index < -0.39 is 5.97 Å². The van der Waals surface area contributed by atoms with Crippen LogP contribution in [0.15, 0.2) is 12.1 Å². The van der Waals surface area contributed by atoms with Gasteiger partial charge in [-0.3, -0.25) is 4.79 Å². The number of esters is 1. The van der Waals surface area contributed by atoms with Crippen molar-refractivity contribution in [3.63, 3.8) is 0 Å². The lowest BCUT2D eigenvalue weighted by molar-refractivity contribution is -0.136. The van der Waals surface area contributed by atoms with Gasteiger partial charge in [-0.1, -0.05) is 0 Å². The van der Waals surface area contributed by atoms with Crippen molar-refractivity contribution in [3.05, 3.63) is 21.9 Å². The number of hydrogen-bond acceptors (Lipinski definition) is 4. The maximum atomic E-state index is 10.8. The Morgan fingerprint density at radius 2 is 2.43 bits per heavy atom. The van der Waals surface area contributed by atoms with Crippen molar-refractivity contribution in [2.24, 2.45) is 0 Å². The minimum atomic E-state index is -0.548. The normalized spacial score (nSPS) is 8.64. The molecule has 3 nitrogen and oxygen atoms in total. The van der Waals surface area contributed by atoms with Gasteiger partial charge in [-0.05, 0) is 25.0 Å². The molecule has 0 aromatic carbocycles. The quantitative estimate of drug-likeness (QED) is 0.420. The maximum absolute atomic E-state index is 10.8. The number of aldehydes is 1. The molecule has 1 rings (SSSR count). The first-order valence-electron chi connectivity index (χ1n) is 4.00. The van der Waals surface area contributed by atoms with Gasteiger partial charge in [0, 0.05) is 5.92 Å². The fourth-order valence-corrected chi connectivity index (χ4v) is 1.44. The van der Waals surface area contributed by atoms with Crippen molar-refractivity contribution in [2.75, 3.05) is 6.61 Å². The monoisotopic (exact) mass is 208 g/mol. The first-order chi connectivity index (χ1) is 6.76. The van der Waals surface area contributed by atoms with Gasteiger partial charge in [0.2, 0.25) is 0 Å². The van der Waals surface area contributed by atoms with E-state index in [0.717, 1.165) is 6.29 Å². The van der Waals surface area contributed by atoms with E-state index in [1.54, 1.807) is 19.1 Å². The zero-order valence-electron chi connectivity index (χ0n) is 7.57. The van der Waals surface area contributed by atoms with Crippen molar-refractivity contribution >= 4 is 23.6 Å². The van der Waals surface area contributed by atoms with Crippen LogP contribution in [-0.2, 0) is 9.53 Å². The van der Waals surface area contributed by atoms with Crippen LogP contribution in [-0.4, -0.2) is 18.9 Å². The second kappa shape index (κ2) is 5.20. The summed E-state index contributed by atoms with van der Waals surface area (Å²) in [7, 11) is 0. The average molecular weight is 208 g/mol. The largest absolute Gasteiger partial charge is 0.456 e. The van der Waals surface area contributed by atoms with Gasteiger partial charge < -0.3 is 4.74 Å². The minimum Gasteiger partial charge on any atom is -0.456 e. The summed E-state index contributed by atoms with van der Waals surface area (Å²) in [5.74, 6) is 4.39. The third-order valence-electron chi connectivity index (χ3n) is 1.31. The standard InChI is InChI=1S/C10H8O3S/c1-2-13-10(12)6-5-8-3-4-9(7-11)14-8/h3-4,7H,2H2,1H3. The minimum absolute atomic E-state index is 0.317. The van der Waals surface area contributed by atoms with Gasteiger partial charge in [-0.2, -0.15) is 0 Å². The Labute approximate surface area is 85.7 Å². The van der Waals surface area contributed by atoms with Crippen LogP contribution in [0.1, 0.15) is 21.5 Å². The molecular weight excluding hydrogens is 200 g/mol. The molecule has 0 aliphatic heterocycles. The molecule has 0 saturated carbocycles. The van der Waals surface area contributed by atoms with Crippen LogP contribution in [0, 0.1) is 11.8 Å². The summed E-state index contributed by atoms with van der Waals surface area (Å²) in [4.78, 5) is 22.4. The van der Waals surface area contributed by atoms with E-state index in [-0.39, 0.29) is 0 Å². The molecule has 0 amide bonds. The molecule has 0 radical (unpaired) electrons. The van der Waals surface area contributed by atoms with Gasteiger partial charge in [0.25, 0.3) is 0 Å². The molecule has 1 aromatic heterocycles. The molecule has 0 aliphatic carbocycles. The fraction of sp³-hybridized carbons (Fsp3) is 0.200. The highest BCUT2D eigenvalue weighted by atomic mass is 32.1. The van der Waals surface area contributed by atoms with Gasteiger partial charge in [0.15, 0.2) is 6.29 Å². The number of hydrogen-bond donors (Lipinski definition) is 0. The molecule has 0 aliphatic rings. The molecule has 4 heteroatoms. The summed E-state index contributed by atoms with van der Waals surface area (Å²) < 4.78 is 4.62. The highest BCUT2D eigenvalue weighted by Gasteiger charge is 1.96. The Kier molecular flexibility index (Phi) is 3.89. The van der Waals surface area contributed by atoms with Crippen LogP contribution < -0.4 is 0 Å². The van der Waals surface area contributed by atoms with Crippen molar-refractivity contribution in [1.29, 1.82) is 0 Å². The van der Waals surface area contributed by atoms with Crippen molar-refractivity contribution in [2.45, 2.75) is 6.92 Å². The third kappa shape index (κ3) is 3.04. The average Bonchev–Trinajstić information content (AvgIpc) is 2.63. The van der Waals surface area contributed by atoms with Crippen molar-refractivity contribution in [3.8, 4) is 11.8 Å². The molecule has 1 heterocycles. The summed E-state index contributed by atoms with van der Waals surface area (Å²) in [6.45, 7) is 2.03. The summed E-state index contributed by atoms with van der Waals surface area (Å²) >= 11 is 1.24. The van der Waals surface area contributed by atoms with Crippen molar-refractivity contribution < 1.29 is 14.3 Å². The Hall–Kier alpha value is -1.60. The number of ether oxygens (including phenoxy) is 1. The van der Waals surface area contributed by atoms with E-state index in [1.165, 1.54) is 11.3 Å². The molecule has 72 valence electrons. The van der Waals surface area contributed by atoms with E-state index in [9.17, 15) is 9.59 Å². The molecular formula is C10H8O3S. The number of carbonyl (C=O) groups is 2. The molecule has 0 spiro atoms. The zero-order valence-corrected chi connectivity index (χ0v) is 8.39. The molecule has 0 fully saturated rings. The smallest absolute Gasteiger partial charge is 0.384 e. The van der Waals surface area contributed by atoms with Crippen molar-refractivity contribution in [1.82, 2.24) is 0 Å². The van der Waals surface area contributed by atoms with E-state index in [4.69, 9.17) is 0 Å².